The van der Waals surface area contributed by atoms with Crippen molar-refractivity contribution in [3.63, 3.8) is 0 Å². The van der Waals surface area contributed by atoms with Gasteiger partial charge in [0.25, 0.3) is 5.91 Å². The summed E-state index contributed by atoms with van der Waals surface area (Å²) in [5.74, 6) is -1.16. The van der Waals surface area contributed by atoms with Crippen molar-refractivity contribution in [3.05, 3.63) is 93.9 Å². The lowest BCUT2D eigenvalue weighted by Crippen LogP contribution is -2.32. The third-order valence-electron chi connectivity index (χ3n) is 6.78. The number of ketones is 1. The fourth-order valence-electron chi connectivity index (χ4n) is 4.80. The van der Waals surface area contributed by atoms with Crippen LogP contribution in [-0.4, -0.2) is 48.0 Å². The molecule has 2 aromatic heterocycles. The predicted octanol–water partition coefficient (Wildman–Crippen LogP) is 5.93. The van der Waals surface area contributed by atoms with E-state index in [1.54, 1.807) is 37.4 Å². The molecule has 1 amide bonds. The van der Waals surface area contributed by atoms with E-state index in [4.69, 9.17) is 9.15 Å². The molecule has 0 saturated heterocycles. The maximum absolute atomic E-state index is 13.9. The molecule has 3 aromatic carbocycles. The summed E-state index contributed by atoms with van der Waals surface area (Å²) in [7, 11) is 5.40. The lowest BCUT2D eigenvalue weighted by molar-refractivity contribution is -0.117. The van der Waals surface area contributed by atoms with Gasteiger partial charge in [-0.1, -0.05) is 28.1 Å². The number of H-pyrrole nitrogens is 1. The van der Waals surface area contributed by atoms with Gasteiger partial charge in [0, 0.05) is 35.7 Å². The van der Waals surface area contributed by atoms with Gasteiger partial charge in [0.15, 0.2) is 11.5 Å². The van der Waals surface area contributed by atoms with Crippen LogP contribution in [0.15, 0.2) is 87.0 Å². The van der Waals surface area contributed by atoms with E-state index >= 15 is 0 Å². The first-order chi connectivity index (χ1) is 18.7. The maximum atomic E-state index is 13.9. The lowest BCUT2D eigenvalue weighted by atomic mass is 9.95. The summed E-state index contributed by atoms with van der Waals surface area (Å²) in [5.41, 5.74) is 3.23. The molecule has 5 aromatic rings. The number of benzene rings is 3. The molecule has 1 aliphatic heterocycles. The Kier molecular flexibility index (Phi) is 5.91. The predicted molar refractivity (Wildman–Crippen MR) is 152 cm³/mol. The molecule has 1 unspecified atom stereocenters. The van der Waals surface area contributed by atoms with Crippen molar-refractivity contribution in [2.75, 3.05) is 31.0 Å². The Bertz CT molecular complexity index is 1800. The van der Waals surface area contributed by atoms with Crippen molar-refractivity contribution < 1.29 is 23.8 Å². The van der Waals surface area contributed by atoms with Crippen molar-refractivity contribution in [2.24, 2.45) is 0 Å². The maximum Gasteiger partial charge on any atom is 0.296 e. The number of aromatic nitrogens is 2. The van der Waals surface area contributed by atoms with Crippen molar-refractivity contribution in [1.29, 1.82) is 0 Å². The molecule has 0 bridgehead atoms. The number of methoxy groups -OCH3 is 1. The van der Waals surface area contributed by atoms with Crippen LogP contribution >= 0.6 is 15.9 Å². The molecule has 10 heteroatoms. The Morgan fingerprint density at radius 1 is 1.10 bits per heavy atom. The number of amides is 1. The van der Waals surface area contributed by atoms with Gasteiger partial charge in [-0.05, 0) is 54.1 Å². The summed E-state index contributed by atoms with van der Waals surface area (Å²) >= 11 is 3.43. The van der Waals surface area contributed by atoms with Crippen molar-refractivity contribution in [2.45, 2.75) is 6.04 Å². The highest BCUT2D eigenvalue weighted by Gasteiger charge is 2.46. The molecule has 0 spiro atoms. The minimum Gasteiger partial charge on any atom is -0.503 e. The molecular weight excluding hydrogens is 564 g/mol. The number of rotatable bonds is 6. The zero-order valence-corrected chi connectivity index (χ0v) is 22.8. The van der Waals surface area contributed by atoms with E-state index in [2.05, 4.69) is 25.9 Å². The number of aromatic amines is 1. The van der Waals surface area contributed by atoms with Crippen LogP contribution in [-0.2, 0) is 4.79 Å². The minimum absolute atomic E-state index is 0.0172. The molecule has 0 radical (unpaired) electrons. The van der Waals surface area contributed by atoms with Crippen LogP contribution in [0.4, 0.5) is 11.6 Å². The van der Waals surface area contributed by atoms with Gasteiger partial charge in [-0.2, -0.15) is 0 Å². The van der Waals surface area contributed by atoms with Gasteiger partial charge in [0.2, 0.25) is 11.7 Å². The van der Waals surface area contributed by atoms with Crippen molar-refractivity contribution in [3.8, 4) is 5.75 Å². The highest BCUT2D eigenvalue weighted by molar-refractivity contribution is 9.10. The molecule has 1 aliphatic rings. The molecule has 196 valence electrons. The molecule has 9 nitrogen and oxygen atoms in total. The number of aliphatic hydroxyl groups is 1. The average molecular weight is 587 g/mol. The Morgan fingerprint density at radius 3 is 2.59 bits per heavy atom. The summed E-state index contributed by atoms with van der Waals surface area (Å²) in [6.45, 7) is 0. The second-order valence-electron chi connectivity index (χ2n) is 9.39. The highest BCUT2D eigenvalue weighted by Crippen LogP contribution is 2.42. The fraction of sp³-hybridized carbons (Fsp3) is 0.138. The van der Waals surface area contributed by atoms with Gasteiger partial charge < -0.3 is 24.1 Å². The van der Waals surface area contributed by atoms with Gasteiger partial charge >= 0.3 is 0 Å². The number of imidazole rings is 1. The quantitative estimate of drug-likeness (QED) is 0.237. The largest absolute Gasteiger partial charge is 0.503 e. The molecule has 0 aliphatic carbocycles. The molecule has 39 heavy (non-hydrogen) atoms. The second kappa shape index (κ2) is 9.32. The van der Waals surface area contributed by atoms with Crippen LogP contribution in [0.25, 0.3) is 22.0 Å². The van der Waals surface area contributed by atoms with Crippen LogP contribution < -0.4 is 14.5 Å². The first-order valence-corrected chi connectivity index (χ1v) is 12.9. The minimum atomic E-state index is -0.955. The van der Waals surface area contributed by atoms with E-state index in [1.807, 2.05) is 55.4 Å². The Balaban J connectivity index is 1.49. The number of carbonyl (C=O) groups is 2. The number of halogens is 1. The fourth-order valence-corrected chi connectivity index (χ4v) is 5.18. The lowest BCUT2D eigenvalue weighted by Gasteiger charge is -2.25. The molecule has 2 N–H and O–H groups in total. The van der Waals surface area contributed by atoms with Gasteiger partial charge in [-0.3, -0.25) is 14.5 Å². The number of fused-ring (bicyclic) bond motifs is 2. The van der Waals surface area contributed by atoms with Crippen molar-refractivity contribution >= 4 is 61.3 Å². The van der Waals surface area contributed by atoms with Crippen LogP contribution in [0.1, 0.15) is 22.2 Å². The van der Waals surface area contributed by atoms with E-state index in [0.29, 0.717) is 33.3 Å². The van der Waals surface area contributed by atoms with Crippen LogP contribution in [0.2, 0.25) is 0 Å². The number of Topliss-reactive ketones (excluding diaryl/α,β-unsaturated/α-hetero) is 1. The molecular formula is C29H23BrN4O5. The smallest absolute Gasteiger partial charge is 0.296 e. The first-order valence-electron chi connectivity index (χ1n) is 12.1. The van der Waals surface area contributed by atoms with Crippen LogP contribution in [0, 0.1) is 0 Å². The number of furan rings is 1. The summed E-state index contributed by atoms with van der Waals surface area (Å²) < 4.78 is 12.0. The van der Waals surface area contributed by atoms with Gasteiger partial charge in [-0.15, -0.1) is 0 Å². The van der Waals surface area contributed by atoms with Gasteiger partial charge in [0.05, 0.1) is 29.8 Å². The van der Waals surface area contributed by atoms with E-state index in [1.165, 1.54) is 4.90 Å². The number of nitrogens with zero attached hydrogens (tertiary/aromatic N) is 3. The van der Waals surface area contributed by atoms with E-state index in [9.17, 15) is 14.7 Å². The molecule has 6 rings (SSSR count). The van der Waals surface area contributed by atoms with Crippen LogP contribution in [0.5, 0.6) is 5.75 Å². The highest BCUT2D eigenvalue weighted by atomic mass is 79.9. The zero-order chi connectivity index (χ0) is 27.4. The summed E-state index contributed by atoms with van der Waals surface area (Å²) in [6.07, 6.45) is 0. The average Bonchev–Trinajstić information content (AvgIpc) is 3.61. The van der Waals surface area contributed by atoms with E-state index in [0.717, 1.165) is 10.2 Å². The van der Waals surface area contributed by atoms with E-state index < -0.39 is 23.5 Å². The standard InChI is InChI=1S/C29H23BrN4O5/c1-33(2)18-7-4-15(5-8-18)25-24(26(35)23-13-16-12-17(30)6-11-22(16)39-23)27(36)28(37)34(25)29-31-20-10-9-19(38-3)14-21(20)32-29/h4-14,25,36H,1-3H3,(H,31,32). The zero-order valence-electron chi connectivity index (χ0n) is 21.2. The number of carbonyl (C=O) groups excluding carboxylic acids is 2. The summed E-state index contributed by atoms with van der Waals surface area (Å²) in [6, 6.07) is 18.8. The SMILES string of the molecule is COc1ccc2nc(N3C(=O)C(O)=C(C(=O)c4cc5cc(Br)ccc5o4)C3c3ccc(N(C)C)cc3)[nH]c2c1. The number of anilines is 2. The third-order valence-corrected chi connectivity index (χ3v) is 7.28. The normalized spacial score (nSPS) is 15.5. The molecule has 0 fully saturated rings. The van der Waals surface area contributed by atoms with E-state index in [-0.39, 0.29) is 17.3 Å². The molecule has 1 atom stereocenters. The van der Waals surface area contributed by atoms with Crippen molar-refractivity contribution in [1.82, 2.24) is 9.97 Å². The summed E-state index contributed by atoms with van der Waals surface area (Å²) in [5, 5.41) is 11.8. The third kappa shape index (κ3) is 4.13. The van der Waals surface area contributed by atoms with Crippen LogP contribution in [0.3, 0.4) is 0 Å². The number of hydrogen-bond acceptors (Lipinski definition) is 7. The Labute approximate surface area is 231 Å². The van der Waals surface area contributed by atoms with Gasteiger partial charge in [0.1, 0.15) is 11.3 Å². The number of ether oxygens (including phenoxy) is 1. The number of aliphatic hydroxyl groups excluding tert-OH is 1. The molecule has 0 saturated carbocycles. The number of nitrogens with one attached hydrogen (secondary N) is 1. The van der Waals surface area contributed by atoms with Gasteiger partial charge in [-0.25, -0.2) is 4.98 Å². The Hall–Kier alpha value is -4.57. The Morgan fingerprint density at radius 2 is 1.87 bits per heavy atom. The number of hydrogen-bond donors (Lipinski definition) is 2. The monoisotopic (exact) mass is 586 g/mol. The molecule has 3 heterocycles. The topological polar surface area (TPSA) is 112 Å². The first kappa shape index (κ1) is 24.7. The second-order valence-corrected chi connectivity index (χ2v) is 10.3. The summed E-state index contributed by atoms with van der Waals surface area (Å²) in [4.78, 5) is 38.4.